The first-order chi connectivity index (χ1) is 9.00. The summed E-state index contributed by atoms with van der Waals surface area (Å²) >= 11 is 4.77. The molecule has 0 spiro atoms. The molecule has 2 heterocycles. The van der Waals surface area contributed by atoms with Crippen LogP contribution in [-0.4, -0.2) is 28.5 Å². The second-order valence-corrected chi connectivity index (χ2v) is 5.56. The van der Waals surface area contributed by atoms with Gasteiger partial charge in [-0.15, -0.1) is 0 Å². The van der Waals surface area contributed by atoms with E-state index in [1.165, 1.54) is 18.3 Å². The normalized spacial score (nSPS) is 11.4. The molecule has 0 aliphatic carbocycles. The maximum atomic E-state index is 12.1. The second-order valence-electron chi connectivity index (χ2n) is 3.39. The van der Waals surface area contributed by atoms with Gasteiger partial charge in [-0.25, -0.2) is 13.1 Å². The van der Waals surface area contributed by atoms with E-state index in [0.29, 0.717) is 0 Å². The van der Waals surface area contributed by atoms with Crippen molar-refractivity contribution in [2.45, 2.75) is 11.4 Å². The number of pyridine rings is 1. The van der Waals surface area contributed by atoms with E-state index in [1.807, 2.05) is 0 Å². The summed E-state index contributed by atoms with van der Waals surface area (Å²) in [7, 11) is -3.81. The largest absolute Gasteiger partial charge is 0.388 e. The van der Waals surface area contributed by atoms with Gasteiger partial charge in [0.05, 0.1) is 6.54 Å². The van der Waals surface area contributed by atoms with Crippen molar-refractivity contribution in [3.8, 4) is 0 Å². The highest BCUT2D eigenvalue weighted by Gasteiger charge is 2.20. The number of rotatable bonds is 5. The maximum absolute atomic E-state index is 12.1. The standard InChI is InChI=1S/C9H9N5O3S2/c10-9(18)8-6(2-1-3-11-8)19(15,16)13-4-7-12-5-17-14-7/h1-3,5,13H,4H2,(H2,10,18). The number of nitrogens with one attached hydrogen (secondary N) is 1. The van der Waals surface area contributed by atoms with Crippen molar-refractivity contribution in [2.75, 3.05) is 0 Å². The Kier molecular flexibility index (Phi) is 3.83. The third-order valence-electron chi connectivity index (χ3n) is 2.12. The molecule has 0 unspecified atom stereocenters. The highest BCUT2D eigenvalue weighted by Crippen LogP contribution is 2.12. The van der Waals surface area contributed by atoms with Crippen molar-refractivity contribution in [1.82, 2.24) is 19.8 Å². The monoisotopic (exact) mass is 299 g/mol. The Hall–Kier alpha value is -1.91. The van der Waals surface area contributed by atoms with Gasteiger partial charge in [0.2, 0.25) is 16.4 Å². The molecule has 0 aliphatic rings. The van der Waals surface area contributed by atoms with Gasteiger partial charge in [-0.1, -0.05) is 17.4 Å². The summed E-state index contributed by atoms with van der Waals surface area (Å²) in [5, 5.41) is 3.49. The molecule has 0 saturated carbocycles. The summed E-state index contributed by atoms with van der Waals surface area (Å²) in [6.45, 7) is -0.107. The number of aromatic nitrogens is 3. The fourth-order valence-corrected chi connectivity index (χ4v) is 2.68. The fourth-order valence-electron chi connectivity index (χ4n) is 1.30. The van der Waals surface area contributed by atoms with E-state index in [9.17, 15) is 8.42 Å². The van der Waals surface area contributed by atoms with Gasteiger partial charge in [-0.2, -0.15) is 4.98 Å². The third kappa shape index (κ3) is 3.10. The minimum Gasteiger partial charge on any atom is -0.388 e. The highest BCUT2D eigenvalue weighted by atomic mass is 32.2. The van der Waals surface area contributed by atoms with Crippen LogP contribution in [0.5, 0.6) is 0 Å². The smallest absolute Gasteiger partial charge is 0.243 e. The summed E-state index contributed by atoms with van der Waals surface area (Å²) in [5.41, 5.74) is 5.48. The molecule has 0 saturated heterocycles. The molecule has 100 valence electrons. The molecular formula is C9H9N5O3S2. The molecule has 0 amide bonds. The van der Waals surface area contributed by atoms with E-state index in [-0.39, 0.29) is 27.9 Å². The minimum absolute atomic E-state index is 0.0399. The van der Waals surface area contributed by atoms with Crippen molar-refractivity contribution < 1.29 is 12.9 Å². The Labute approximate surface area is 114 Å². The second kappa shape index (κ2) is 5.38. The van der Waals surface area contributed by atoms with Crippen LogP contribution < -0.4 is 10.5 Å². The number of thiocarbonyl (C=S) groups is 1. The van der Waals surface area contributed by atoms with Crippen LogP contribution in [0.2, 0.25) is 0 Å². The van der Waals surface area contributed by atoms with Crippen LogP contribution in [0, 0.1) is 0 Å². The van der Waals surface area contributed by atoms with Gasteiger partial charge in [0.15, 0.2) is 5.82 Å². The average Bonchev–Trinajstić information content (AvgIpc) is 2.89. The summed E-state index contributed by atoms with van der Waals surface area (Å²) in [6, 6.07) is 2.84. The van der Waals surface area contributed by atoms with Gasteiger partial charge < -0.3 is 10.3 Å². The van der Waals surface area contributed by atoms with Crippen LogP contribution in [0.15, 0.2) is 34.1 Å². The van der Waals surface area contributed by atoms with Gasteiger partial charge in [0.25, 0.3) is 0 Å². The lowest BCUT2D eigenvalue weighted by molar-refractivity contribution is 0.409. The van der Waals surface area contributed by atoms with E-state index < -0.39 is 10.0 Å². The predicted molar refractivity (Wildman–Crippen MR) is 68.4 cm³/mol. The molecule has 19 heavy (non-hydrogen) atoms. The molecule has 3 N–H and O–H groups in total. The number of hydrogen-bond acceptors (Lipinski definition) is 7. The summed E-state index contributed by atoms with van der Waals surface area (Å²) in [4.78, 5) is 7.37. The van der Waals surface area contributed by atoms with Crippen LogP contribution >= 0.6 is 12.2 Å². The van der Waals surface area contributed by atoms with Crippen LogP contribution in [0.3, 0.4) is 0 Å². The molecule has 8 nitrogen and oxygen atoms in total. The Bertz CT molecular complexity index is 684. The molecule has 0 radical (unpaired) electrons. The first-order valence-corrected chi connectivity index (χ1v) is 6.89. The zero-order valence-corrected chi connectivity index (χ0v) is 11.1. The van der Waals surface area contributed by atoms with Crippen molar-refractivity contribution in [3.63, 3.8) is 0 Å². The highest BCUT2D eigenvalue weighted by molar-refractivity contribution is 7.89. The van der Waals surface area contributed by atoms with Gasteiger partial charge in [-0.3, -0.25) is 4.98 Å². The summed E-state index contributed by atoms with van der Waals surface area (Å²) in [5.74, 6) is 0.212. The lowest BCUT2D eigenvalue weighted by atomic mass is 10.3. The van der Waals surface area contributed by atoms with E-state index >= 15 is 0 Å². The molecule has 0 bridgehead atoms. The molecule has 2 aromatic rings. The number of nitrogens with two attached hydrogens (primary N) is 1. The quantitative estimate of drug-likeness (QED) is 0.713. The van der Waals surface area contributed by atoms with Crippen LogP contribution in [0.25, 0.3) is 0 Å². The van der Waals surface area contributed by atoms with Crippen molar-refractivity contribution in [2.24, 2.45) is 5.73 Å². The molecule has 2 aromatic heterocycles. The Balaban J connectivity index is 2.27. The van der Waals surface area contributed by atoms with Crippen LogP contribution in [-0.2, 0) is 16.6 Å². The van der Waals surface area contributed by atoms with E-state index in [4.69, 9.17) is 18.0 Å². The zero-order chi connectivity index (χ0) is 13.9. The Morgan fingerprint density at radius 3 is 2.89 bits per heavy atom. The molecule has 0 atom stereocenters. The Morgan fingerprint density at radius 2 is 2.26 bits per heavy atom. The Morgan fingerprint density at radius 1 is 1.47 bits per heavy atom. The summed E-state index contributed by atoms with van der Waals surface area (Å²) in [6.07, 6.45) is 2.51. The molecule has 2 rings (SSSR count). The van der Waals surface area contributed by atoms with E-state index in [1.54, 1.807) is 0 Å². The first-order valence-electron chi connectivity index (χ1n) is 5.00. The summed E-state index contributed by atoms with van der Waals surface area (Å²) < 4.78 is 31.0. The number of hydrogen-bond donors (Lipinski definition) is 2. The molecule has 10 heteroatoms. The van der Waals surface area contributed by atoms with Crippen LogP contribution in [0.1, 0.15) is 11.5 Å². The molecule has 0 aliphatic heterocycles. The van der Waals surface area contributed by atoms with Gasteiger partial charge in [-0.05, 0) is 12.1 Å². The van der Waals surface area contributed by atoms with E-state index in [0.717, 1.165) is 6.39 Å². The first kappa shape index (κ1) is 13.5. The molecule has 0 fully saturated rings. The molecule has 0 aromatic carbocycles. The zero-order valence-electron chi connectivity index (χ0n) is 9.48. The number of nitrogens with zero attached hydrogens (tertiary/aromatic N) is 3. The van der Waals surface area contributed by atoms with Gasteiger partial charge in [0.1, 0.15) is 15.6 Å². The predicted octanol–water partition coefficient (Wildman–Crippen LogP) is -0.423. The van der Waals surface area contributed by atoms with Crippen molar-refractivity contribution >= 4 is 27.2 Å². The van der Waals surface area contributed by atoms with Crippen molar-refractivity contribution in [3.05, 3.63) is 36.2 Å². The number of sulfonamides is 1. The lowest BCUT2D eigenvalue weighted by Crippen LogP contribution is -2.27. The SMILES string of the molecule is NC(=S)c1ncccc1S(=O)(=O)NCc1ncon1. The van der Waals surface area contributed by atoms with Crippen LogP contribution in [0.4, 0.5) is 0 Å². The fraction of sp³-hybridized carbons (Fsp3) is 0.111. The lowest BCUT2D eigenvalue weighted by Gasteiger charge is -2.08. The van der Waals surface area contributed by atoms with Crippen molar-refractivity contribution in [1.29, 1.82) is 0 Å². The van der Waals surface area contributed by atoms with Gasteiger partial charge in [0, 0.05) is 6.20 Å². The van der Waals surface area contributed by atoms with E-state index in [2.05, 4.69) is 24.4 Å². The van der Waals surface area contributed by atoms with Gasteiger partial charge >= 0.3 is 0 Å². The molecular weight excluding hydrogens is 290 g/mol. The average molecular weight is 299 g/mol. The third-order valence-corrected chi connectivity index (χ3v) is 3.75. The maximum Gasteiger partial charge on any atom is 0.243 e. The topological polar surface area (TPSA) is 124 Å². The minimum atomic E-state index is -3.81.